The first-order valence-corrected chi connectivity index (χ1v) is 10.5. The Bertz CT molecular complexity index is 765. The van der Waals surface area contributed by atoms with Crippen LogP contribution in [0.5, 0.6) is 0 Å². The molecule has 3 rings (SSSR count). The van der Waals surface area contributed by atoms with E-state index in [4.69, 9.17) is 9.47 Å². The quantitative estimate of drug-likeness (QED) is 0.444. The standard InChI is InChI=1S/C19H27N5O4S/c1-3-28-19(26)15-10-21-17(18-20-4-9-29-18)22-16(15)12-24-6-8-27-13-14(24)11-23(2)5-7-25/h4,7,9,14H,3,5-6,8,10-13H2,1-2H3,(H,21,22). The van der Waals surface area contributed by atoms with E-state index in [0.717, 1.165) is 23.5 Å². The molecular weight excluding hydrogens is 394 g/mol. The van der Waals surface area contributed by atoms with Gasteiger partial charge in [-0.15, -0.1) is 11.3 Å². The van der Waals surface area contributed by atoms with Gasteiger partial charge in [0, 0.05) is 43.0 Å². The molecule has 2 aliphatic rings. The van der Waals surface area contributed by atoms with Crippen molar-refractivity contribution in [3.05, 3.63) is 27.9 Å². The predicted molar refractivity (Wildman–Crippen MR) is 110 cm³/mol. The first kappa shape index (κ1) is 21.6. The molecule has 1 atom stereocenters. The number of carbonyl (C=O) groups excluding carboxylic acids is 2. The Labute approximate surface area is 174 Å². The van der Waals surface area contributed by atoms with Gasteiger partial charge in [-0.1, -0.05) is 0 Å². The normalized spacial score (nSPS) is 20.4. The molecule has 0 amide bonds. The first-order chi connectivity index (χ1) is 14.1. The van der Waals surface area contributed by atoms with Gasteiger partial charge in [-0.3, -0.25) is 14.8 Å². The van der Waals surface area contributed by atoms with Crippen LogP contribution in [-0.4, -0.2) is 98.5 Å². The average molecular weight is 422 g/mol. The minimum Gasteiger partial charge on any atom is -0.463 e. The summed E-state index contributed by atoms with van der Waals surface area (Å²) in [6.07, 6.45) is 2.63. The van der Waals surface area contributed by atoms with Crippen LogP contribution < -0.4 is 5.32 Å². The number of aldehydes is 1. The highest BCUT2D eigenvalue weighted by molar-refractivity contribution is 7.11. The minimum absolute atomic E-state index is 0.119. The van der Waals surface area contributed by atoms with Crippen molar-refractivity contribution in [1.82, 2.24) is 20.1 Å². The number of nitrogens with one attached hydrogen (secondary N) is 1. The zero-order valence-corrected chi connectivity index (χ0v) is 17.6. The third-order valence-corrected chi connectivity index (χ3v) is 5.58. The van der Waals surface area contributed by atoms with Gasteiger partial charge in [-0.05, 0) is 14.0 Å². The summed E-state index contributed by atoms with van der Waals surface area (Å²) >= 11 is 1.50. The third-order valence-electron chi connectivity index (χ3n) is 4.80. The summed E-state index contributed by atoms with van der Waals surface area (Å²) in [5, 5.41) is 6.00. The van der Waals surface area contributed by atoms with E-state index in [0.29, 0.717) is 50.9 Å². The van der Waals surface area contributed by atoms with E-state index in [2.05, 4.69) is 20.2 Å². The molecule has 9 nitrogen and oxygen atoms in total. The van der Waals surface area contributed by atoms with Gasteiger partial charge < -0.3 is 19.6 Å². The van der Waals surface area contributed by atoms with Gasteiger partial charge in [0.05, 0.1) is 38.5 Å². The lowest BCUT2D eigenvalue weighted by Gasteiger charge is -2.38. The molecule has 3 heterocycles. The van der Waals surface area contributed by atoms with Gasteiger partial charge >= 0.3 is 5.97 Å². The number of thiazole rings is 1. The molecule has 0 aliphatic carbocycles. The van der Waals surface area contributed by atoms with Crippen molar-refractivity contribution in [2.75, 3.05) is 59.6 Å². The summed E-state index contributed by atoms with van der Waals surface area (Å²) < 4.78 is 10.9. The van der Waals surface area contributed by atoms with Gasteiger partial charge in [0.15, 0.2) is 10.8 Å². The summed E-state index contributed by atoms with van der Waals surface area (Å²) in [6.45, 7) is 5.94. The molecule has 0 radical (unpaired) electrons. The maximum atomic E-state index is 12.5. The molecule has 0 saturated carbocycles. The zero-order chi connectivity index (χ0) is 20.6. The van der Waals surface area contributed by atoms with E-state index >= 15 is 0 Å². The van der Waals surface area contributed by atoms with Crippen LogP contribution in [0.3, 0.4) is 0 Å². The van der Waals surface area contributed by atoms with Crippen molar-refractivity contribution in [1.29, 1.82) is 0 Å². The van der Waals surface area contributed by atoms with Gasteiger partial charge in [-0.25, -0.2) is 9.78 Å². The highest BCUT2D eigenvalue weighted by Gasteiger charge is 2.29. The lowest BCUT2D eigenvalue weighted by atomic mass is 10.1. The molecule has 1 N–H and O–H groups in total. The molecule has 1 saturated heterocycles. The first-order valence-electron chi connectivity index (χ1n) is 9.66. The Hall–Kier alpha value is -2.14. The van der Waals surface area contributed by atoms with E-state index in [1.807, 2.05) is 17.3 Å². The molecule has 1 aromatic rings. The topological polar surface area (TPSA) is 96.4 Å². The summed E-state index contributed by atoms with van der Waals surface area (Å²) in [7, 11) is 1.91. The molecule has 0 aromatic carbocycles. The minimum atomic E-state index is -0.347. The number of carbonyl (C=O) groups is 2. The lowest BCUT2D eigenvalue weighted by molar-refractivity contribution is -0.138. The highest BCUT2D eigenvalue weighted by Crippen LogP contribution is 2.18. The molecule has 10 heteroatoms. The van der Waals surface area contributed by atoms with E-state index < -0.39 is 0 Å². The fourth-order valence-electron chi connectivity index (χ4n) is 3.34. The average Bonchev–Trinajstić information content (AvgIpc) is 3.25. The van der Waals surface area contributed by atoms with Crippen LogP contribution in [-0.2, 0) is 19.1 Å². The number of aromatic nitrogens is 1. The SMILES string of the molecule is CCOC(=O)C1=C(CN2CCOCC2CN(C)CC=O)NC(c2nccs2)=NC1. The largest absolute Gasteiger partial charge is 0.463 e. The van der Waals surface area contributed by atoms with Crippen LogP contribution in [0.25, 0.3) is 0 Å². The molecular formula is C19H27N5O4S. The lowest BCUT2D eigenvalue weighted by Crippen LogP contribution is -2.52. The molecule has 0 spiro atoms. The molecule has 158 valence electrons. The van der Waals surface area contributed by atoms with Gasteiger partial charge in [0.2, 0.25) is 0 Å². The Morgan fingerprint density at radius 1 is 1.55 bits per heavy atom. The zero-order valence-electron chi connectivity index (χ0n) is 16.8. The number of amidine groups is 1. The molecule has 2 aliphatic heterocycles. The van der Waals surface area contributed by atoms with Crippen molar-refractivity contribution in [3.8, 4) is 0 Å². The Morgan fingerprint density at radius 3 is 3.14 bits per heavy atom. The second-order valence-corrected chi connectivity index (χ2v) is 7.79. The van der Waals surface area contributed by atoms with Crippen LogP contribution in [0.1, 0.15) is 11.9 Å². The Balaban J connectivity index is 1.78. The number of ether oxygens (including phenoxy) is 2. The molecule has 29 heavy (non-hydrogen) atoms. The number of hydrogen-bond acceptors (Lipinski definition) is 10. The third kappa shape index (κ3) is 5.69. The van der Waals surface area contributed by atoms with Crippen molar-refractivity contribution in [2.45, 2.75) is 13.0 Å². The van der Waals surface area contributed by atoms with Gasteiger partial charge in [0.25, 0.3) is 0 Å². The maximum absolute atomic E-state index is 12.5. The summed E-state index contributed by atoms with van der Waals surface area (Å²) in [4.78, 5) is 36.4. The highest BCUT2D eigenvalue weighted by atomic mass is 32.1. The van der Waals surface area contributed by atoms with Crippen LogP contribution >= 0.6 is 11.3 Å². The van der Waals surface area contributed by atoms with Crippen LogP contribution in [0, 0.1) is 0 Å². The van der Waals surface area contributed by atoms with E-state index in [1.165, 1.54) is 11.3 Å². The van der Waals surface area contributed by atoms with Crippen molar-refractivity contribution in [3.63, 3.8) is 0 Å². The van der Waals surface area contributed by atoms with Crippen molar-refractivity contribution in [2.24, 2.45) is 4.99 Å². The Morgan fingerprint density at radius 2 is 2.41 bits per heavy atom. The van der Waals surface area contributed by atoms with Crippen LogP contribution in [0.2, 0.25) is 0 Å². The smallest absolute Gasteiger partial charge is 0.337 e. The molecule has 1 fully saturated rings. The fourth-order valence-corrected chi connectivity index (χ4v) is 3.94. The number of rotatable bonds is 9. The second-order valence-electron chi connectivity index (χ2n) is 6.89. The number of morpholine rings is 1. The van der Waals surface area contributed by atoms with Crippen molar-refractivity contribution >= 4 is 29.4 Å². The number of aliphatic imine (C=N–C) groups is 1. The number of hydrogen-bond donors (Lipinski definition) is 1. The second kappa shape index (κ2) is 10.6. The number of likely N-dealkylation sites (N-methyl/N-ethyl adjacent to an activating group) is 1. The van der Waals surface area contributed by atoms with Crippen LogP contribution in [0.15, 0.2) is 27.8 Å². The van der Waals surface area contributed by atoms with E-state index in [-0.39, 0.29) is 18.6 Å². The van der Waals surface area contributed by atoms with Crippen LogP contribution in [0.4, 0.5) is 0 Å². The van der Waals surface area contributed by atoms with Gasteiger partial charge in [-0.2, -0.15) is 0 Å². The number of esters is 1. The summed E-state index contributed by atoms with van der Waals surface area (Å²) in [6, 6.07) is 0.119. The molecule has 1 unspecified atom stereocenters. The monoisotopic (exact) mass is 421 g/mol. The van der Waals surface area contributed by atoms with Crippen molar-refractivity contribution < 1.29 is 19.1 Å². The fraction of sp³-hybridized carbons (Fsp3) is 0.579. The maximum Gasteiger partial charge on any atom is 0.337 e. The Kier molecular flexibility index (Phi) is 7.87. The predicted octanol–water partition coefficient (Wildman–Crippen LogP) is 0.142. The summed E-state index contributed by atoms with van der Waals surface area (Å²) in [5.74, 6) is 0.325. The molecule has 0 bridgehead atoms. The van der Waals surface area contributed by atoms with E-state index in [1.54, 1.807) is 13.1 Å². The number of nitrogens with zero attached hydrogens (tertiary/aromatic N) is 4. The molecule has 1 aromatic heterocycles. The summed E-state index contributed by atoms with van der Waals surface area (Å²) in [5.41, 5.74) is 1.33. The van der Waals surface area contributed by atoms with Gasteiger partial charge in [0.1, 0.15) is 6.29 Å². The van der Waals surface area contributed by atoms with E-state index in [9.17, 15) is 9.59 Å².